The predicted octanol–water partition coefficient (Wildman–Crippen LogP) is 0.412. The first-order valence-electron chi connectivity index (χ1n) is 6.45. The van der Waals surface area contributed by atoms with E-state index in [4.69, 9.17) is 4.42 Å². The molecule has 0 saturated carbocycles. The van der Waals surface area contributed by atoms with Crippen LogP contribution in [-0.4, -0.2) is 50.7 Å². The van der Waals surface area contributed by atoms with Crippen molar-refractivity contribution in [1.29, 1.82) is 0 Å². The summed E-state index contributed by atoms with van der Waals surface area (Å²) in [5, 5.41) is 0. The van der Waals surface area contributed by atoms with Gasteiger partial charge in [0.25, 0.3) is 16.1 Å². The van der Waals surface area contributed by atoms with Crippen molar-refractivity contribution in [1.82, 2.24) is 13.9 Å². The molecule has 1 aromatic rings. The normalized spacial score (nSPS) is 16.5. The number of rotatable bonds is 5. The molecule has 1 aromatic heterocycles. The molecule has 0 atom stereocenters. The van der Waals surface area contributed by atoms with Gasteiger partial charge in [-0.15, -0.1) is 0 Å². The Morgan fingerprint density at radius 3 is 2.60 bits per heavy atom. The van der Waals surface area contributed by atoms with Crippen LogP contribution in [0.15, 0.2) is 16.5 Å². The van der Waals surface area contributed by atoms with E-state index in [0.29, 0.717) is 18.8 Å². The number of nitrogens with one attached hydrogen (secondary N) is 1. The molecule has 0 radical (unpaired) electrons. The molecule has 1 saturated heterocycles. The average Bonchev–Trinajstić information content (AvgIpc) is 3.07. The zero-order valence-electron chi connectivity index (χ0n) is 11.6. The number of nitrogens with zero attached hydrogens (tertiary/aromatic N) is 2. The van der Waals surface area contributed by atoms with Gasteiger partial charge in [0.2, 0.25) is 0 Å². The lowest BCUT2D eigenvalue weighted by molar-refractivity contribution is 0.0795. The van der Waals surface area contributed by atoms with Crippen LogP contribution in [0, 0.1) is 0 Å². The van der Waals surface area contributed by atoms with Crippen LogP contribution in [0.2, 0.25) is 0 Å². The number of hydrogen-bond donors (Lipinski definition) is 1. The van der Waals surface area contributed by atoms with Crippen molar-refractivity contribution >= 4 is 16.1 Å². The molecule has 112 valence electrons. The second-order valence-electron chi connectivity index (χ2n) is 4.90. The smallest absolute Gasteiger partial charge is 0.289 e. The summed E-state index contributed by atoms with van der Waals surface area (Å²) in [6.07, 6.45) is 1.78. The highest BCUT2D eigenvalue weighted by molar-refractivity contribution is 7.87. The molecule has 0 bridgehead atoms. The summed E-state index contributed by atoms with van der Waals surface area (Å²) >= 11 is 0. The van der Waals surface area contributed by atoms with Gasteiger partial charge in [-0.2, -0.15) is 17.4 Å². The molecule has 0 unspecified atom stereocenters. The van der Waals surface area contributed by atoms with Crippen molar-refractivity contribution in [3.05, 3.63) is 23.7 Å². The average molecular weight is 301 g/mol. The summed E-state index contributed by atoms with van der Waals surface area (Å²) in [7, 11) is -0.206. The summed E-state index contributed by atoms with van der Waals surface area (Å²) in [6, 6.07) is 3.14. The Balaban J connectivity index is 1.96. The first-order chi connectivity index (χ1) is 9.40. The van der Waals surface area contributed by atoms with Crippen molar-refractivity contribution in [3.8, 4) is 0 Å². The van der Waals surface area contributed by atoms with E-state index in [9.17, 15) is 13.2 Å². The lowest BCUT2D eigenvalue weighted by Gasteiger charge is -2.15. The Hall–Kier alpha value is -1.38. The van der Waals surface area contributed by atoms with E-state index in [-0.39, 0.29) is 18.2 Å². The standard InChI is InChI=1S/C12H19N3O4S/c1-14(2)12(16)11-6-5-10(19-11)9-13-20(17,18)15-7-3-4-8-15/h5-6,13H,3-4,7-9H2,1-2H3. The SMILES string of the molecule is CN(C)C(=O)c1ccc(CNS(=O)(=O)N2CCCC2)o1. The third-order valence-corrected chi connectivity index (χ3v) is 4.67. The van der Waals surface area contributed by atoms with Crippen molar-refractivity contribution < 1.29 is 17.6 Å². The maximum atomic E-state index is 12.0. The van der Waals surface area contributed by atoms with Crippen LogP contribution in [0.1, 0.15) is 29.2 Å². The van der Waals surface area contributed by atoms with E-state index in [2.05, 4.69) is 4.72 Å². The quantitative estimate of drug-likeness (QED) is 0.854. The van der Waals surface area contributed by atoms with Crippen LogP contribution < -0.4 is 4.72 Å². The number of amides is 1. The lowest BCUT2D eigenvalue weighted by Crippen LogP contribution is -2.38. The van der Waals surface area contributed by atoms with Gasteiger partial charge in [-0.25, -0.2) is 0 Å². The highest BCUT2D eigenvalue weighted by Crippen LogP contribution is 2.13. The molecule has 1 aliphatic rings. The van der Waals surface area contributed by atoms with Gasteiger partial charge in [0, 0.05) is 27.2 Å². The molecule has 8 heteroatoms. The molecular formula is C12H19N3O4S. The molecule has 1 fully saturated rings. The molecule has 20 heavy (non-hydrogen) atoms. The minimum absolute atomic E-state index is 0.0412. The molecule has 1 N–H and O–H groups in total. The van der Waals surface area contributed by atoms with Gasteiger partial charge in [-0.3, -0.25) is 4.79 Å². The summed E-state index contributed by atoms with van der Waals surface area (Å²) in [4.78, 5) is 13.1. The number of furan rings is 1. The minimum atomic E-state index is -3.46. The Morgan fingerprint density at radius 2 is 2.00 bits per heavy atom. The van der Waals surface area contributed by atoms with Gasteiger partial charge in [-0.05, 0) is 25.0 Å². The first-order valence-corrected chi connectivity index (χ1v) is 7.89. The van der Waals surface area contributed by atoms with Crippen LogP contribution in [0.3, 0.4) is 0 Å². The van der Waals surface area contributed by atoms with E-state index in [1.807, 2.05) is 0 Å². The van der Waals surface area contributed by atoms with Crippen LogP contribution in [0.4, 0.5) is 0 Å². The van der Waals surface area contributed by atoms with E-state index in [1.165, 1.54) is 9.21 Å². The number of carbonyl (C=O) groups is 1. The largest absolute Gasteiger partial charge is 0.455 e. The van der Waals surface area contributed by atoms with Gasteiger partial charge in [0.15, 0.2) is 5.76 Å². The minimum Gasteiger partial charge on any atom is -0.455 e. The summed E-state index contributed by atoms with van der Waals surface area (Å²) in [6.45, 7) is 1.15. The Labute approximate surface area is 118 Å². The zero-order valence-corrected chi connectivity index (χ0v) is 12.4. The molecule has 7 nitrogen and oxygen atoms in total. The van der Waals surface area contributed by atoms with Crippen LogP contribution in [-0.2, 0) is 16.8 Å². The van der Waals surface area contributed by atoms with Crippen molar-refractivity contribution in [2.45, 2.75) is 19.4 Å². The molecular weight excluding hydrogens is 282 g/mol. The van der Waals surface area contributed by atoms with Gasteiger partial charge in [-0.1, -0.05) is 0 Å². The van der Waals surface area contributed by atoms with E-state index >= 15 is 0 Å². The molecule has 0 aromatic carbocycles. The lowest BCUT2D eigenvalue weighted by atomic mass is 10.4. The van der Waals surface area contributed by atoms with Crippen LogP contribution in [0.25, 0.3) is 0 Å². The second kappa shape index (κ2) is 5.94. The van der Waals surface area contributed by atoms with E-state index < -0.39 is 10.2 Å². The maximum Gasteiger partial charge on any atom is 0.289 e. The molecule has 0 spiro atoms. The Kier molecular flexibility index (Phi) is 4.46. The summed E-state index contributed by atoms with van der Waals surface area (Å²) < 4.78 is 33.1. The van der Waals surface area contributed by atoms with Gasteiger partial charge in [0.1, 0.15) is 5.76 Å². The molecule has 1 aliphatic heterocycles. The van der Waals surface area contributed by atoms with Crippen molar-refractivity contribution in [3.63, 3.8) is 0 Å². The number of hydrogen-bond acceptors (Lipinski definition) is 4. The molecule has 1 amide bonds. The number of carbonyl (C=O) groups excluding carboxylic acids is 1. The van der Waals surface area contributed by atoms with E-state index in [1.54, 1.807) is 26.2 Å². The fourth-order valence-electron chi connectivity index (χ4n) is 1.99. The fraction of sp³-hybridized carbons (Fsp3) is 0.583. The zero-order chi connectivity index (χ0) is 14.8. The van der Waals surface area contributed by atoms with E-state index in [0.717, 1.165) is 12.8 Å². The molecule has 2 heterocycles. The van der Waals surface area contributed by atoms with Crippen molar-refractivity contribution in [2.24, 2.45) is 0 Å². The summed E-state index contributed by atoms with van der Waals surface area (Å²) in [5.74, 6) is 0.363. The monoisotopic (exact) mass is 301 g/mol. The predicted molar refractivity (Wildman–Crippen MR) is 73.3 cm³/mol. The molecule has 2 rings (SSSR count). The Bertz CT molecular complexity index is 573. The van der Waals surface area contributed by atoms with Gasteiger partial charge in [0.05, 0.1) is 6.54 Å². The molecule has 0 aliphatic carbocycles. The van der Waals surface area contributed by atoms with Crippen LogP contribution >= 0.6 is 0 Å². The fourth-order valence-corrected chi connectivity index (χ4v) is 3.24. The third kappa shape index (κ3) is 3.38. The van der Waals surface area contributed by atoms with Crippen molar-refractivity contribution in [2.75, 3.05) is 27.2 Å². The van der Waals surface area contributed by atoms with Gasteiger partial charge < -0.3 is 9.32 Å². The maximum absolute atomic E-state index is 12.0. The highest BCUT2D eigenvalue weighted by Gasteiger charge is 2.25. The first kappa shape index (κ1) is 15.0. The third-order valence-electron chi connectivity index (χ3n) is 3.11. The highest BCUT2D eigenvalue weighted by atomic mass is 32.2. The second-order valence-corrected chi connectivity index (χ2v) is 6.65. The topological polar surface area (TPSA) is 82.9 Å². The van der Waals surface area contributed by atoms with Gasteiger partial charge >= 0.3 is 0 Å². The summed E-state index contributed by atoms with van der Waals surface area (Å²) in [5.41, 5.74) is 0. The van der Waals surface area contributed by atoms with Crippen LogP contribution in [0.5, 0.6) is 0 Å². The Morgan fingerprint density at radius 1 is 1.35 bits per heavy atom.